The molecule has 0 spiro atoms. The molecule has 0 atom stereocenters. The largest absolute Gasteiger partial charge is 0.493 e. The first kappa shape index (κ1) is 23.0. The number of para-hydroxylation sites is 1. The molecule has 33 heavy (non-hydrogen) atoms. The summed E-state index contributed by atoms with van der Waals surface area (Å²) in [6.07, 6.45) is 1.63. The van der Waals surface area contributed by atoms with E-state index >= 15 is 0 Å². The number of hydrogen-bond acceptors (Lipinski definition) is 5. The Morgan fingerprint density at radius 3 is 2.42 bits per heavy atom. The van der Waals surface area contributed by atoms with Gasteiger partial charge in [0.2, 0.25) is 0 Å². The predicted octanol–water partition coefficient (Wildman–Crippen LogP) is 5.74. The van der Waals surface area contributed by atoms with E-state index in [0.29, 0.717) is 28.2 Å². The third-order valence-electron chi connectivity index (χ3n) is 4.77. The predicted molar refractivity (Wildman–Crippen MR) is 141 cm³/mol. The van der Waals surface area contributed by atoms with Gasteiger partial charge in [0.1, 0.15) is 5.60 Å². The summed E-state index contributed by atoms with van der Waals surface area (Å²) in [5.41, 5.74) is 1.62. The fourth-order valence-electron chi connectivity index (χ4n) is 3.35. The molecular formula is C26H24IN3O3. The average Bonchev–Trinajstić information content (AvgIpc) is 2.79. The molecule has 0 saturated heterocycles. The van der Waals surface area contributed by atoms with Crippen molar-refractivity contribution in [1.29, 1.82) is 0 Å². The van der Waals surface area contributed by atoms with Gasteiger partial charge in [0.25, 0.3) is 5.56 Å². The van der Waals surface area contributed by atoms with Crippen molar-refractivity contribution in [3.05, 3.63) is 86.2 Å². The summed E-state index contributed by atoms with van der Waals surface area (Å²) in [5.74, 6) is 1.76. The smallest absolute Gasteiger partial charge is 0.282 e. The van der Waals surface area contributed by atoms with Gasteiger partial charge < -0.3 is 9.47 Å². The van der Waals surface area contributed by atoms with Crippen molar-refractivity contribution in [3.8, 4) is 22.9 Å². The molecule has 3 aromatic carbocycles. The monoisotopic (exact) mass is 553 g/mol. The number of rotatable bonds is 5. The summed E-state index contributed by atoms with van der Waals surface area (Å²) < 4.78 is 13.9. The van der Waals surface area contributed by atoms with Crippen LogP contribution in [0, 0.1) is 3.57 Å². The Kier molecular flexibility index (Phi) is 6.51. The van der Waals surface area contributed by atoms with Gasteiger partial charge in [-0.3, -0.25) is 4.79 Å². The second-order valence-electron chi connectivity index (χ2n) is 8.43. The topological polar surface area (TPSA) is 65.7 Å². The van der Waals surface area contributed by atoms with Crippen LogP contribution in [0.25, 0.3) is 22.3 Å². The molecule has 0 saturated carbocycles. The summed E-state index contributed by atoms with van der Waals surface area (Å²) in [4.78, 5) is 18.0. The molecule has 0 aliphatic carbocycles. The molecule has 0 fully saturated rings. The van der Waals surface area contributed by atoms with Crippen LogP contribution in [0.5, 0.6) is 11.5 Å². The Morgan fingerprint density at radius 2 is 1.73 bits per heavy atom. The molecule has 4 aromatic rings. The van der Waals surface area contributed by atoms with Crippen LogP contribution in [-0.4, -0.2) is 28.6 Å². The molecule has 4 rings (SSSR count). The number of methoxy groups -OCH3 is 1. The Morgan fingerprint density at radius 1 is 1.03 bits per heavy atom. The van der Waals surface area contributed by atoms with E-state index in [2.05, 4.69) is 27.7 Å². The molecule has 1 heterocycles. The van der Waals surface area contributed by atoms with Crippen LogP contribution in [-0.2, 0) is 0 Å². The van der Waals surface area contributed by atoms with E-state index in [1.54, 1.807) is 19.4 Å². The van der Waals surface area contributed by atoms with E-state index in [0.717, 1.165) is 14.7 Å². The summed E-state index contributed by atoms with van der Waals surface area (Å²) in [6.45, 7) is 5.96. The molecule has 0 aliphatic heterocycles. The van der Waals surface area contributed by atoms with Crippen LogP contribution in [0.15, 0.2) is 76.6 Å². The number of hydrogen-bond donors (Lipinski definition) is 0. The zero-order valence-corrected chi connectivity index (χ0v) is 21.0. The molecular weight excluding hydrogens is 529 g/mol. The molecule has 6 nitrogen and oxygen atoms in total. The zero-order chi connectivity index (χ0) is 23.6. The van der Waals surface area contributed by atoms with Crippen LogP contribution in [0.4, 0.5) is 0 Å². The number of aromatic nitrogens is 2. The number of fused-ring (bicyclic) bond motifs is 1. The highest BCUT2D eigenvalue weighted by molar-refractivity contribution is 14.1. The fraction of sp³-hybridized carbons (Fsp3) is 0.192. The van der Waals surface area contributed by atoms with Gasteiger partial charge in [-0.05, 0) is 73.2 Å². The highest BCUT2D eigenvalue weighted by atomic mass is 127. The van der Waals surface area contributed by atoms with Crippen LogP contribution in [0.2, 0.25) is 0 Å². The van der Waals surface area contributed by atoms with Gasteiger partial charge in [0.05, 0.1) is 27.8 Å². The minimum absolute atomic E-state index is 0.231. The Hall–Kier alpha value is -3.20. The number of nitrogens with zero attached hydrogens (tertiary/aromatic N) is 3. The molecule has 0 amide bonds. The normalized spacial score (nSPS) is 11.8. The number of ether oxygens (including phenoxy) is 2. The van der Waals surface area contributed by atoms with Crippen molar-refractivity contribution in [2.24, 2.45) is 5.10 Å². The van der Waals surface area contributed by atoms with Crippen molar-refractivity contribution in [2.45, 2.75) is 26.4 Å². The lowest BCUT2D eigenvalue weighted by Gasteiger charge is -2.24. The first-order valence-corrected chi connectivity index (χ1v) is 11.5. The first-order chi connectivity index (χ1) is 15.8. The molecule has 1 aromatic heterocycles. The quantitative estimate of drug-likeness (QED) is 0.234. The van der Waals surface area contributed by atoms with E-state index in [9.17, 15) is 4.79 Å². The Labute approximate surface area is 206 Å². The minimum Gasteiger partial charge on any atom is -0.493 e. The van der Waals surface area contributed by atoms with Gasteiger partial charge in [-0.15, -0.1) is 0 Å². The van der Waals surface area contributed by atoms with E-state index in [1.807, 2.05) is 81.4 Å². The number of benzene rings is 3. The van der Waals surface area contributed by atoms with Crippen LogP contribution in [0.3, 0.4) is 0 Å². The highest BCUT2D eigenvalue weighted by Crippen LogP contribution is 2.36. The van der Waals surface area contributed by atoms with E-state index in [1.165, 1.54) is 4.68 Å². The summed E-state index contributed by atoms with van der Waals surface area (Å²) in [7, 11) is 1.60. The van der Waals surface area contributed by atoms with Crippen molar-refractivity contribution >= 4 is 39.7 Å². The minimum atomic E-state index is -0.364. The maximum absolute atomic E-state index is 13.3. The van der Waals surface area contributed by atoms with Gasteiger partial charge in [0, 0.05) is 5.56 Å². The highest BCUT2D eigenvalue weighted by Gasteiger charge is 2.19. The Balaban J connectivity index is 1.84. The lowest BCUT2D eigenvalue weighted by atomic mass is 10.1. The van der Waals surface area contributed by atoms with E-state index in [-0.39, 0.29) is 11.2 Å². The molecule has 7 heteroatoms. The third kappa shape index (κ3) is 5.08. The SMILES string of the molecule is COc1cc(C=Nn2c(-c3ccccc3)nc3ccccc3c2=O)cc(I)c1OC(C)(C)C. The van der Waals surface area contributed by atoms with E-state index < -0.39 is 0 Å². The maximum Gasteiger partial charge on any atom is 0.282 e. The molecule has 0 radical (unpaired) electrons. The molecule has 0 unspecified atom stereocenters. The van der Waals surface area contributed by atoms with E-state index in [4.69, 9.17) is 14.5 Å². The van der Waals surface area contributed by atoms with Gasteiger partial charge in [0.15, 0.2) is 17.3 Å². The zero-order valence-electron chi connectivity index (χ0n) is 18.9. The lowest BCUT2D eigenvalue weighted by molar-refractivity contribution is 0.124. The average molecular weight is 553 g/mol. The van der Waals surface area contributed by atoms with Crippen LogP contribution < -0.4 is 15.0 Å². The maximum atomic E-state index is 13.3. The summed E-state index contributed by atoms with van der Waals surface area (Å²) in [5, 5.41) is 5.05. The molecule has 168 valence electrons. The molecule has 0 N–H and O–H groups in total. The first-order valence-electron chi connectivity index (χ1n) is 10.4. The van der Waals surface area contributed by atoms with Gasteiger partial charge in [-0.1, -0.05) is 42.5 Å². The van der Waals surface area contributed by atoms with Gasteiger partial charge in [-0.2, -0.15) is 9.78 Å². The van der Waals surface area contributed by atoms with Gasteiger partial charge >= 0.3 is 0 Å². The number of halogens is 1. The Bertz CT molecular complexity index is 1390. The van der Waals surface area contributed by atoms with Crippen molar-refractivity contribution < 1.29 is 9.47 Å². The molecule has 0 aliphatic rings. The second kappa shape index (κ2) is 9.35. The summed E-state index contributed by atoms with van der Waals surface area (Å²) >= 11 is 2.22. The standard InChI is InChI=1S/C26H24IN3O3/c1-26(2,3)33-23-20(27)14-17(15-22(23)32-4)16-28-30-24(18-10-6-5-7-11-18)29-21-13-9-8-12-19(21)25(30)31/h5-16H,1-4H3. The third-order valence-corrected chi connectivity index (χ3v) is 5.57. The fourth-order valence-corrected chi connectivity index (χ4v) is 4.08. The summed E-state index contributed by atoms with van der Waals surface area (Å²) in [6, 6.07) is 20.6. The second-order valence-corrected chi connectivity index (χ2v) is 9.59. The van der Waals surface area contributed by atoms with Crippen LogP contribution in [0.1, 0.15) is 26.3 Å². The van der Waals surface area contributed by atoms with Crippen molar-refractivity contribution in [1.82, 2.24) is 9.66 Å². The van der Waals surface area contributed by atoms with Gasteiger partial charge in [-0.25, -0.2) is 4.98 Å². The lowest BCUT2D eigenvalue weighted by Crippen LogP contribution is -2.24. The molecule has 0 bridgehead atoms. The van der Waals surface area contributed by atoms with Crippen molar-refractivity contribution in [2.75, 3.05) is 7.11 Å². The van der Waals surface area contributed by atoms with Crippen molar-refractivity contribution in [3.63, 3.8) is 0 Å². The van der Waals surface area contributed by atoms with Crippen LogP contribution >= 0.6 is 22.6 Å².